The Morgan fingerprint density at radius 3 is 2.80 bits per heavy atom. The van der Waals surface area contributed by atoms with Crippen molar-refractivity contribution in [2.75, 3.05) is 25.0 Å². The van der Waals surface area contributed by atoms with Crippen molar-refractivity contribution < 1.29 is 18.8 Å². The molecule has 0 aromatic carbocycles. The quantitative estimate of drug-likeness (QED) is 0.844. The lowest BCUT2D eigenvalue weighted by atomic mass is 10.0. The number of likely N-dealkylation sites (tertiary alicyclic amines) is 1. The number of ether oxygens (including phenoxy) is 1. The molecule has 8 nitrogen and oxygen atoms in total. The Morgan fingerprint density at radius 2 is 2.16 bits per heavy atom. The summed E-state index contributed by atoms with van der Waals surface area (Å²) in [6.07, 6.45) is 2.63. The van der Waals surface area contributed by atoms with Crippen LogP contribution in [0.5, 0.6) is 0 Å². The first-order valence-corrected chi connectivity index (χ1v) is 8.67. The number of hydrogen-bond acceptors (Lipinski definition) is 6. The Balaban J connectivity index is 1.83. The molecule has 25 heavy (non-hydrogen) atoms. The van der Waals surface area contributed by atoms with E-state index >= 15 is 0 Å². The highest BCUT2D eigenvalue weighted by atomic mass is 16.6. The fourth-order valence-corrected chi connectivity index (χ4v) is 2.80. The van der Waals surface area contributed by atoms with Crippen LogP contribution in [0.2, 0.25) is 0 Å². The number of nitrogens with one attached hydrogen (secondary N) is 2. The fraction of sp³-hybridized carbons (Fsp3) is 0.706. The molecule has 1 aromatic rings. The number of rotatable bonds is 5. The number of alkyl carbamates (subject to hydrolysis) is 1. The van der Waals surface area contributed by atoms with Crippen molar-refractivity contribution in [3.05, 3.63) is 11.8 Å². The Labute approximate surface area is 148 Å². The monoisotopic (exact) mass is 352 g/mol. The molecule has 1 aromatic heterocycles. The van der Waals surface area contributed by atoms with Crippen molar-refractivity contribution in [1.82, 2.24) is 15.4 Å². The maximum absolute atomic E-state index is 12.2. The number of hydrogen-bond donors (Lipinski definition) is 2. The van der Waals surface area contributed by atoms with E-state index in [1.807, 2.05) is 20.8 Å². The average Bonchev–Trinajstić information content (AvgIpc) is 2.89. The van der Waals surface area contributed by atoms with E-state index < -0.39 is 11.7 Å². The predicted octanol–water partition coefficient (Wildman–Crippen LogP) is 2.30. The molecule has 1 fully saturated rings. The lowest BCUT2D eigenvalue weighted by Crippen LogP contribution is -2.49. The highest BCUT2D eigenvalue weighted by molar-refractivity contribution is 5.91. The Kier molecular flexibility index (Phi) is 6.41. The van der Waals surface area contributed by atoms with Gasteiger partial charge in [-0.3, -0.25) is 15.0 Å². The lowest BCUT2D eigenvalue weighted by molar-refractivity contribution is -0.118. The highest BCUT2D eigenvalue weighted by Crippen LogP contribution is 2.17. The summed E-state index contributed by atoms with van der Waals surface area (Å²) in [4.78, 5) is 26.1. The van der Waals surface area contributed by atoms with E-state index in [0.717, 1.165) is 25.8 Å². The summed E-state index contributed by atoms with van der Waals surface area (Å²) in [5, 5.41) is 9.25. The predicted molar refractivity (Wildman–Crippen MR) is 93.3 cm³/mol. The average molecular weight is 352 g/mol. The first kappa shape index (κ1) is 19.2. The maximum atomic E-state index is 12.2. The van der Waals surface area contributed by atoms with Crippen LogP contribution in [0.3, 0.4) is 0 Å². The smallest absolute Gasteiger partial charge is 0.407 e. The van der Waals surface area contributed by atoms with Crippen molar-refractivity contribution in [2.45, 2.75) is 58.6 Å². The first-order chi connectivity index (χ1) is 11.7. The number of carbonyl (C=O) groups excluding carboxylic acids is 2. The molecule has 0 aliphatic carbocycles. The van der Waals surface area contributed by atoms with Crippen molar-refractivity contribution >= 4 is 17.9 Å². The van der Waals surface area contributed by atoms with Crippen LogP contribution in [0.25, 0.3) is 0 Å². The molecule has 2 N–H and O–H groups in total. The zero-order valence-corrected chi connectivity index (χ0v) is 15.4. The minimum absolute atomic E-state index is 0.114. The second kappa shape index (κ2) is 8.33. The molecule has 2 rings (SSSR count). The molecule has 0 bridgehead atoms. The summed E-state index contributed by atoms with van der Waals surface area (Å²) in [5.74, 6) is 0.197. The number of piperidine rings is 1. The van der Waals surface area contributed by atoms with Crippen LogP contribution in [-0.2, 0) is 9.53 Å². The number of anilines is 1. The van der Waals surface area contributed by atoms with E-state index in [2.05, 4.69) is 20.7 Å². The number of nitrogens with zero attached hydrogens (tertiary/aromatic N) is 2. The highest BCUT2D eigenvalue weighted by Gasteiger charge is 2.26. The van der Waals surface area contributed by atoms with Gasteiger partial charge in [-0.15, -0.1) is 0 Å². The van der Waals surface area contributed by atoms with E-state index in [0.29, 0.717) is 18.1 Å². The van der Waals surface area contributed by atoms with Gasteiger partial charge in [0.05, 0.1) is 12.2 Å². The number of carbonyl (C=O) groups is 2. The van der Waals surface area contributed by atoms with Gasteiger partial charge in [-0.25, -0.2) is 4.79 Å². The first-order valence-electron chi connectivity index (χ1n) is 8.67. The molecule has 2 amide bonds. The van der Waals surface area contributed by atoms with Gasteiger partial charge in [-0.1, -0.05) is 11.6 Å². The van der Waals surface area contributed by atoms with E-state index in [-0.39, 0.29) is 18.5 Å². The van der Waals surface area contributed by atoms with Crippen LogP contribution >= 0.6 is 0 Å². The topological polar surface area (TPSA) is 96.7 Å². The Morgan fingerprint density at radius 1 is 1.40 bits per heavy atom. The molecule has 1 aliphatic rings. The third-order valence-electron chi connectivity index (χ3n) is 3.87. The fourth-order valence-electron chi connectivity index (χ4n) is 2.80. The van der Waals surface area contributed by atoms with Gasteiger partial charge in [0.25, 0.3) is 0 Å². The van der Waals surface area contributed by atoms with Gasteiger partial charge in [0.2, 0.25) is 11.8 Å². The third kappa shape index (κ3) is 6.74. The van der Waals surface area contributed by atoms with Gasteiger partial charge in [0.1, 0.15) is 5.60 Å². The zero-order chi connectivity index (χ0) is 18.4. The van der Waals surface area contributed by atoms with Crippen LogP contribution in [0.1, 0.15) is 45.7 Å². The lowest BCUT2D eigenvalue weighted by Gasteiger charge is -2.35. The van der Waals surface area contributed by atoms with Gasteiger partial charge in [0.15, 0.2) is 0 Å². The molecule has 8 heteroatoms. The number of amides is 2. The van der Waals surface area contributed by atoms with Crippen LogP contribution in [0.15, 0.2) is 10.6 Å². The Hall–Kier alpha value is -2.09. The van der Waals surface area contributed by atoms with Gasteiger partial charge in [0, 0.05) is 18.7 Å². The summed E-state index contributed by atoms with van der Waals surface area (Å²) in [5.41, 5.74) is 0.193. The van der Waals surface area contributed by atoms with Gasteiger partial charge in [-0.05, 0) is 47.1 Å². The maximum Gasteiger partial charge on any atom is 0.407 e. The largest absolute Gasteiger partial charge is 0.444 e. The molecular weight excluding hydrogens is 324 g/mol. The van der Waals surface area contributed by atoms with E-state index in [1.54, 1.807) is 13.0 Å². The molecule has 2 heterocycles. The van der Waals surface area contributed by atoms with Crippen LogP contribution in [0, 0.1) is 6.92 Å². The summed E-state index contributed by atoms with van der Waals surface area (Å²) in [6.45, 7) is 8.81. The molecule has 0 unspecified atom stereocenters. The van der Waals surface area contributed by atoms with Crippen molar-refractivity contribution in [2.24, 2.45) is 0 Å². The van der Waals surface area contributed by atoms with Crippen LogP contribution in [-0.4, -0.2) is 53.3 Å². The van der Waals surface area contributed by atoms with E-state index in [4.69, 9.17) is 9.26 Å². The number of aryl methyl sites for hydroxylation is 1. The van der Waals surface area contributed by atoms with E-state index in [1.165, 1.54) is 0 Å². The number of aromatic nitrogens is 1. The third-order valence-corrected chi connectivity index (χ3v) is 3.87. The molecule has 0 radical (unpaired) electrons. The normalized spacial score (nSPS) is 18.6. The van der Waals surface area contributed by atoms with Gasteiger partial charge < -0.3 is 14.6 Å². The van der Waals surface area contributed by atoms with Crippen molar-refractivity contribution in [3.8, 4) is 0 Å². The summed E-state index contributed by atoms with van der Waals surface area (Å²) >= 11 is 0. The summed E-state index contributed by atoms with van der Waals surface area (Å²) in [6, 6.07) is 1.79. The Bertz CT molecular complexity index is 594. The molecule has 1 saturated heterocycles. The molecule has 1 aliphatic heterocycles. The van der Waals surface area contributed by atoms with E-state index in [9.17, 15) is 9.59 Å². The van der Waals surface area contributed by atoms with Gasteiger partial charge >= 0.3 is 6.09 Å². The molecule has 0 spiro atoms. The minimum atomic E-state index is -0.522. The van der Waals surface area contributed by atoms with Crippen LogP contribution in [0.4, 0.5) is 10.7 Å². The standard InChI is InChI=1S/C17H28N4O4/c1-12-9-15(25-20-12)19-14(22)11-21-8-6-5-7-13(21)10-18-16(23)24-17(2,3)4/h9,13H,5-8,10-11H2,1-4H3,(H,18,23)(H,19,22)/t13-/m1/s1. The van der Waals surface area contributed by atoms with Crippen molar-refractivity contribution in [3.63, 3.8) is 0 Å². The van der Waals surface area contributed by atoms with Crippen molar-refractivity contribution in [1.29, 1.82) is 0 Å². The van der Waals surface area contributed by atoms with Crippen LogP contribution < -0.4 is 10.6 Å². The minimum Gasteiger partial charge on any atom is -0.444 e. The molecule has 0 saturated carbocycles. The zero-order valence-electron chi connectivity index (χ0n) is 15.4. The molecule has 1 atom stereocenters. The summed E-state index contributed by atoms with van der Waals surface area (Å²) < 4.78 is 10.3. The van der Waals surface area contributed by atoms with Gasteiger partial charge in [-0.2, -0.15) is 0 Å². The SMILES string of the molecule is Cc1cc(NC(=O)CN2CCCC[C@@H]2CNC(=O)OC(C)(C)C)on1. The molecular formula is C17H28N4O4. The second-order valence-electron chi connectivity index (χ2n) is 7.38. The summed E-state index contributed by atoms with van der Waals surface area (Å²) in [7, 11) is 0. The second-order valence-corrected chi connectivity index (χ2v) is 7.38. The molecule has 140 valence electrons.